The predicted octanol–water partition coefficient (Wildman–Crippen LogP) is 7.90. The van der Waals surface area contributed by atoms with E-state index in [1.807, 2.05) is 19.1 Å². The van der Waals surface area contributed by atoms with Crippen LogP contribution >= 0.6 is 0 Å². The summed E-state index contributed by atoms with van der Waals surface area (Å²) in [4.78, 5) is 0. The van der Waals surface area contributed by atoms with Crippen molar-refractivity contribution in [2.24, 2.45) is 0 Å². The maximum atomic E-state index is 8.24. The summed E-state index contributed by atoms with van der Waals surface area (Å²) in [5.41, 5.74) is 9.86. The van der Waals surface area contributed by atoms with Gasteiger partial charge in [0.25, 0.3) is 0 Å². The molecule has 2 nitrogen and oxygen atoms in total. The maximum Gasteiger partial charge on any atom is 0.569 e. The molecule has 0 amide bonds. The second kappa shape index (κ2) is 13.1. The van der Waals surface area contributed by atoms with Gasteiger partial charge in [0.05, 0.1) is 5.75 Å². The van der Waals surface area contributed by atoms with Crippen LogP contribution < -0.4 is 4.65 Å². The molecule has 3 heteroatoms. The van der Waals surface area contributed by atoms with Gasteiger partial charge in [-0.3, -0.25) is 0 Å². The van der Waals surface area contributed by atoms with Crippen LogP contribution in [0.4, 0.5) is 0 Å². The molecule has 0 fully saturated rings. The van der Waals surface area contributed by atoms with Crippen molar-refractivity contribution in [2.45, 2.75) is 13.8 Å². The highest BCUT2D eigenvalue weighted by Crippen LogP contribution is 2.36. The van der Waals surface area contributed by atoms with Gasteiger partial charge in [0, 0.05) is 0 Å². The van der Waals surface area contributed by atoms with Crippen LogP contribution in [0.2, 0.25) is 0 Å². The number of hydrogen-bond donors (Lipinski definition) is 1. The fourth-order valence-corrected chi connectivity index (χ4v) is 4.12. The van der Waals surface area contributed by atoms with Gasteiger partial charge in [-0.1, -0.05) is 139 Å². The van der Waals surface area contributed by atoms with Crippen LogP contribution in [0.1, 0.15) is 33.4 Å². The normalized spacial score (nSPS) is 10.0. The Labute approximate surface area is 220 Å². The molecule has 1 N–H and O–H groups in total. The highest BCUT2D eigenvalue weighted by atomic mass is 16.5. The summed E-state index contributed by atoms with van der Waals surface area (Å²) >= 11 is 0. The van der Waals surface area contributed by atoms with E-state index in [0.717, 1.165) is 0 Å². The molecule has 37 heavy (non-hydrogen) atoms. The summed E-state index contributed by atoms with van der Waals surface area (Å²) < 4.78 is 4.69. The lowest BCUT2D eigenvalue weighted by Crippen LogP contribution is -1.99. The van der Waals surface area contributed by atoms with E-state index in [2.05, 4.69) is 122 Å². The first-order chi connectivity index (χ1) is 18.2. The van der Waals surface area contributed by atoms with Crippen LogP contribution in [0.15, 0.2) is 140 Å². The second-order valence-electron chi connectivity index (χ2n) is 8.75. The lowest BCUT2D eigenvalue weighted by atomic mass is 9.85. The predicted molar refractivity (Wildman–Crippen MR) is 155 cm³/mol. The Hall–Kier alpha value is -4.34. The molecule has 0 atom stereocenters. The van der Waals surface area contributed by atoms with Gasteiger partial charge in [0.2, 0.25) is 0 Å². The maximum absolute atomic E-state index is 8.24. The molecule has 0 unspecified atom stereocenters. The quantitative estimate of drug-likeness (QED) is 0.197. The molecule has 0 saturated carbocycles. The molecule has 5 aromatic carbocycles. The van der Waals surface area contributed by atoms with Crippen LogP contribution in [0.5, 0.6) is 5.75 Å². The Balaban J connectivity index is 0.000000270. The van der Waals surface area contributed by atoms with Crippen molar-refractivity contribution in [3.63, 3.8) is 0 Å². The zero-order valence-electron chi connectivity index (χ0n) is 21.2. The molecule has 0 saturated heterocycles. The molecule has 0 aliphatic heterocycles. The third-order valence-electron chi connectivity index (χ3n) is 5.99. The lowest BCUT2D eigenvalue weighted by molar-refractivity contribution is 0.454. The first-order valence-electron chi connectivity index (χ1n) is 12.3. The fourth-order valence-electron chi connectivity index (χ4n) is 4.12. The Kier molecular flexibility index (Phi) is 9.12. The first kappa shape index (κ1) is 25.7. The Bertz CT molecular complexity index is 1350. The number of rotatable bonds is 6. The SMILES string of the molecule is Cc1ccc(C(=C(c2ccccc2)c2ccccc2)c2ccccc2)cc1.Cc1ccc(O[B]O)cc1. The van der Waals surface area contributed by atoms with Crippen LogP contribution in [-0.2, 0) is 0 Å². The van der Waals surface area contributed by atoms with Crippen molar-refractivity contribution < 1.29 is 9.68 Å². The van der Waals surface area contributed by atoms with E-state index in [1.54, 1.807) is 12.1 Å². The first-order valence-corrected chi connectivity index (χ1v) is 12.3. The van der Waals surface area contributed by atoms with Gasteiger partial charge in [0.15, 0.2) is 0 Å². The molecule has 0 aliphatic rings. The fraction of sp³-hybridized carbons (Fsp3) is 0.0588. The van der Waals surface area contributed by atoms with Gasteiger partial charge in [0.1, 0.15) is 0 Å². The van der Waals surface area contributed by atoms with Gasteiger partial charge < -0.3 is 9.68 Å². The molecular formula is C34H30BO2. The van der Waals surface area contributed by atoms with Crippen LogP contribution in [0.3, 0.4) is 0 Å². The Morgan fingerprint density at radius 2 is 0.784 bits per heavy atom. The Morgan fingerprint density at radius 3 is 1.14 bits per heavy atom. The van der Waals surface area contributed by atoms with Crippen molar-refractivity contribution >= 4 is 18.8 Å². The molecule has 0 aromatic heterocycles. The third kappa shape index (κ3) is 7.10. The number of benzene rings is 5. The van der Waals surface area contributed by atoms with E-state index in [-0.39, 0.29) is 0 Å². The second-order valence-corrected chi connectivity index (χ2v) is 8.75. The molecule has 5 aromatic rings. The van der Waals surface area contributed by atoms with Gasteiger partial charge >= 0.3 is 7.69 Å². The summed E-state index contributed by atoms with van der Waals surface area (Å²) in [7, 11) is 0.671. The Morgan fingerprint density at radius 1 is 0.459 bits per heavy atom. The van der Waals surface area contributed by atoms with Gasteiger partial charge in [-0.2, -0.15) is 0 Å². The van der Waals surface area contributed by atoms with Gasteiger partial charge in [-0.05, 0) is 59.4 Å². The van der Waals surface area contributed by atoms with E-state index in [4.69, 9.17) is 9.68 Å². The van der Waals surface area contributed by atoms with E-state index in [9.17, 15) is 0 Å². The summed E-state index contributed by atoms with van der Waals surface area (Å²) in [6, 6.07) is 48.3. The molecule has 0 spiro atoms. The minimum absolute atomic E-state index is 0.646. The molecule has 0 heterocycles. The monoisotopic (exact) mass is 481 g/mol. The highest BCUT2D eigenvalue weighted by Gasteiger charge is 2.15. The number of hydrogen-bond acceptors (Lipinski definition) is 2. The molecule has 0 aliphatic carbocycles. The summed E-state index contributed by atoms with van der Waals surface area (Å²) in [5.74, 6) is 0.646. The van der Waals surface area contributed by atoms with Gasteiger partial charge in [-0.15, -0.1) is 0 Å². The molecule has 5 rings (SSSR count). The summed E-state index contributed by atoms with van der Waals surface area (Å²) in [5, 5.41) is 8.24. The van der Waals surface area contributed by atoms with E-state index >= 15 is 0 Å². The van der Waals surface area contributed by atoms with Gasteiger partial charge in [-0.25, -0.2) is 0 Å². The van der Waals surface area contributed by atoms with E-state index in [0.29, 0.717) is 13.4 Å². The lowest BCUT2D eigenvalue weighted by Gasteiger charge is -2.18. The molecule has 0 bridgehead atoms. The minimum atomic E-state index is 0.646. The van der Waals surface area contributed by atoms with Crippen LogP contribution in [0.25, 0.3) is 11.1 Å². The molecule has 181 valence electrons. The summed E-state index contributed by atoms with van der Waals surface area (Å²) in [6.07, 6.45) is 0. The van der Waals surface area contributed by atoms with Crippen LogP contribution in [-0.4, -0.2) is 12.7 Å². The van der Waals surface area contributed by atoms with Crippen molar-refractivity contribution in [3.05, 3.63) is 173 Å². The zero-order valence-corrected chi connectivity index (χ0v) is 21.2. The van der Waals surface area contributed by atoms with Crippen molar-refractivity contribution in [2.75, 3.05) is 0 Å². The average Bonchev–Trinajstić information content (AvgIpc) is 2.95. The number of aryl methyl sites for hydroxylation is 2. The molecule has 1 radical (unpaired) electrons. The standard InChI is InChI=1S/C27H22.C7H8BO2/c1-21-17-19-25(20-18-21)27(24-15-9-4-10-16-24)26(22-11-5-2-6-12-22)23-13-7-3-8-14-23;1-6-2-4-7(5-3-6)10-8-9/h2-20H,1H3;2-5,9H,1H3. The largest absolute Gasteiger partial charge is 0.569 e. The average molecular weight is 481 g/mol. The van der Waals surface area contributed by atoms with E-state index < -0.39 is 0 Å². The zero-order chi connectivity index (χ0) is 25.9. The van der Waals surface area contributed by atoms with Crippen molar-refractivity contribution in [3.8, 4) is 5.75 Å². The smallest absolute Gasteiger partial charge is 0.537 e. The highest BCUT2D eigenvalue weighted by molar-refractivity contribution is 6.17. The minimum Gasteiger partial charge on any atom is -0.537 e. The third-order valence-corrected chi connectivity index (χ3v) is 5.99. The summed E-state index contributed by atoms with van der Waals surface area (Å²) in [6.45, 7) is 4.12. The van der Waals surface area contributed by atoms with Crippen molar-refractivity contribution in [1.82, 2.24) is 0 Å². The van der Waals surface area contributed by atoms with Crippen molar-refractivity contribution in [1.29, 1.82) is 0 Å². The van der Waals surface area contributed by atoms with E-state index in [1.165, 1.54) is 44.5 Å². The molecular weight excluding hydrogens is 451 g/mol. The topological polar surface area (TPSA) is 29.5 Å². The van der Waals surface area contributed by atoms with Crippen LogP contribution in [0, 0.1) is 13.8 Å².